The summed E-state index contributed by atoms with van der Waals surface area (Å²) in [5.41, 5.74) is 8.14. The van der Waals surface area contributed by atoms with Crippen LogP contribution in [-0.2, 0) is 0 Å². The van der Waals surface area contributed by atoms with Crippen molar-refractivity contribution in [1.29, 1.82) is 0 Å². The highest BCUT2D eigenvalue weighted by Crippen LogP contribution is 2.10. The van der Waals surface area contributed by atoms with Crippen molar-refractivity contribution in [1.82, 2.24) is 0 Å². The smallest absolute Gasteiger partial charge is 0.00369 e. The molecule has 0 unspecified atom stereocenters. The average molecular weight is 201 g/mol. The fraction of sp³-hybridized carbons (Fsp3) is 0.143. The molecule has 0 atom stereocenters. The Morgan fingerprint density at radius 3 is 2.13 bits per heavy atom. The SMILES string of the molecule is C=C/C=C\C(=C)C(=C)/C=C\C(=C)CCN. The first-order valence-electron chi connectivity index (χ1n) is 4.85. The van der Waals surface area contributed by atoms with Crippen LogP contribution >= 0.6 is 0 Å². The fourth-order valence-electron chi connectivity index (χ4n) is 0.885. The third-order valence-corrected chi connectivity index (χ3v) is 1.83. The van der Waals surface area contributed by atoms with Crippen molar-refractivity contribution in [2.24, 2.45) is 5.73 Å². The standard InChI is InChI=1S/C14H19N/c1-5-6-7-13(3)14(4)9-8-12(2)10-11-15/h5-9H,1-4,10-11,15H2/b7-6-,9-8-. The van der Waals surface area contributed by atoms with E-state index in [0.29, 0.717) is 6.54 Å². The van der Waals surface area contributed by atoms with Crippen LogP contribution < -0.4 is 5.73 Å². The summed E-state index contributed by atoms with van der Waals surface area (Å²) in [6, 6.07) is 0. The average Bonchev–Trinajstić information content (AvgIpc) is 2.22. The zero-order valence-electron chi connectivity index (χ0n) is 9.21. The fourth-order valence-corrected chi connectivity index (χ4v) is 0.885. The zero-order valence-corrected chi connectivity index (χ0v) is 9.21. The molecular weight excluding hydrogens is 182 g/mol. The summed E-state index contributed by atoms with van der Waals surface area (Å²) in [6.07, 6.45) is 10.0. The first-order valence-corrected chi connectivity index (χ1v) is 4.85. The molecule has 0 saturated carbocycles. The van der Waals surface area contributed by atoms with E-state index in [2.05, 4.69) is 26.3 Å². The summed E-state index contributed by atoms with van der Waals surface area (Å²) in [6.45, 7) is 15.8. The minimum absolute atomic E-state index is 0.618. The summed E-state index contributed by atoms with van der Waals surface area (Å²) in [5.74, 6) is 0. The molecule has 0 aromatic heterocycles. The van der Waals surface area contributed by atoms with Gasteiger partial charge in [0.15, 0.2) is 0 Å². The second-order valence-electron chi connectivity index (χ2n) is 3.18. The van der Waals surface area contributed by atoms with E-state index in [-0.39, 0.29) is 0 Å². The maximum atomic E-state index is 5.40. The molecule has 0 aromatic rings. The number of allylic oxidation sites excluding steroid dienone is 7. The quantitative estimate of drug-likeness (QED) is 0.628. The van der Waals surface area contributed by atoms with Gasteiger partial charge in [-0.1, -0.05) is 62.3 Å². The Hall–Kier alpha value is -1.60. The highest BCUT2D eigenvalue weighted by atomic mass is 14.5. The molecule has 15 heavy (non-hydrogen) atoms. The topological polar surface area (TPSA) is 26.0 Å². The highest BCUT2D eigenvalue weighted by Gasteiger charge is 1.91. The molecule has 0 saturated heterocycles. The van der Waals surface area contributed by atoms with Crippen molar-refractivity contribution in [3.63, 3.8) is 0 Å². The predicted octanol–water partition coefficient (Wildman–Crippen LogP) is 3.30. The molecule has 0 aliphatic heterocycles. The predicted molar refractivity (Wildman–Crippen MR) is 69.6 cm³/mol. The molecule has 0 fully saturated rings. The van der Waals surface area contributed by atoms with E-state index in [1.165, 1.54) is 0 Å². The monoisotopic (exact) mass is 201 g/mol. The van der Waals surface area contributed by atoms with Gasteiger partial charge in [-0.25, -0.2) is 0 Å². The van der Waals surface area contributed by atoms with Crippen molar-refractivity contribution in [3.05, 3.63) is 73.4 Å². The van der Waals surface area contributed by atoms with Crippen molar-refractivity contribution < 1.29 is 0 Å². The third kappa shape index (κ3) is 6.47. The molecule has 0 radical (unpaired) electrons. The first kappa shape index (κ1) is 13.4. The molecule has 1 nitrogen and oxygen atoms in total. The van der Waals surface area contributed by atoms with Gasteiger partial charge in [-0.2, -0.15) is 0 Å². The Bertz CT molecular complexity index is 316. The molecule has 0 rings (SSSR count). The maximum absolute atomic E-state index is 5.40. The minimum Gasteiger partial charge on any atom is -0.330 e. The van der Waals surface area contributed by atoms with Crippen molar-refractivity contribution in [2.45, 2.75) is 6.42 Å². The highest BCUT2D eigenvalue weighted by molar-refractivity contribution is 5.44. The van der Waals surface area contributed by atoms with Crippen LogP contribution in [0.2, 0.25) is 0 Å². The van der Waals surface area contributed by atoms with E-state index in [1.54, 1.807) is 6.08 Å². The molecular formula is C14H19N. The molecule has 0 spiro atoms. The molecule has 0 aliphatic carbocycles. The molecule has 1 heteroatoms. The van der Waals surface area contributed by atoms with Gasteiger partial charge in [-0.15, -0.1) is 0 Å². The van der Waals surface area contributed by atoms with E-state index < -0.39 is 0 Å². The summed E-state index contributed by atoms with van der Waals surface area (Å²) >= 11 is 0. The molecule has 2 N–H and O–H groups in total. The lowest BCUT2D eigenvalue weighted by atomic mass is 10.1. The van der Waals surface area contributed by atoms with Crippen LogP contribution in [-0.4, -0.2) is 6.54 Å². The Morgan fingerprint density at radius 1 is 1.00 bits per heavy atom. The summed E-state index contributed by atoms with van der Waals surface area (Å²) in [4.78, 5) is 0. The Morgan fingerprint density at radius 2 is 1.60 bits per heavy atom. The lowest BCUT2D eigenvalue weighted by Crippen LogP contribution is -1.98. The molecule has 0 amide bonds. The van der Waals surface area contributed by atoms with Crippen LogP contribution in [0.3, 0.4) is 0 Å². The number of hydrogen-bond acceptors (Lipinski definition) is 1. The normalized spacial score (nSPS) is 10.7. The van der Waals surface area contributed by atoms with Crippen LogP contribution in [0.5, 0.6) is 0 Å². The second kappa shape index (κ2) is 7.77. The number of nitrogens with two attached hydrogens (primary N) is 1. The van der Waals surface area contributed by atoms with Gasteiger partial charge in [-0.05, 0) is 24.1 Å². The third-order valence-electron chi connectivity index (χ3n) is 1.83. The van der Waals surface area contributed by atoms with Gasteiger partial charge >= 0.3 is 0 Å². The lowest BCUT2D eigenvalue weighted by molar-refractivity contribution is 0.977. The Balaban J connectivity index is 4.24. The van der Waals surface area contributed by atoms with Crippen LogP contribution in [0.15, 0.2) is 73.4 Å². The van der Waals surface area contributed by atoms with Crippen LogP contribution in [0.4, 0.5) is 0 Å². The lowest BCUT2D eigenvalue weighted by Gasteiger charge is -1.99. The van der Waals surface area contributed by atoms with E-state index in [4.69, 9.17) is 5.73 Å². The van der Waals surface area contributed by atoms with E-state index >= 15 is 0 Å². The van der Waals surface area contributed by atoms with E-state index in [0.717, 1.165) is 23.1 Å². The van der Waals surface area contributed by atoms with Crippen molar-refractivity contribution in [2.75, 3.05) is 6.54 Å². The van der Waals surface area contributed by atoms with Crippen LogP contribution in [0.1, 0.15) is 6.42 Å². The molecule has 0 aromatic carbocycles. The molecule has 0 bridgehead atoms. The Kier molecular flexibility index (Phi) is 6.94. The first-order chi connectivity index (χ1) is 7.11. The molecule has 0 heterocycles. The summed E-state index contributed by atoms with van der Waals surface area (Å²) < 4.78 is 0. The Labute approximate surface area is 92.7 Å². The zero-order chi connectivity index (χ0) is 11.7. The van der Waals surface area contributed by atoms with Gasteiger partial charge in [0, 0.05) is 0 Å². The number of rotatable bonds is 7. The van der Waals surface area contributed by atoms with Gasteiger partial charge in [0.1, 0.15) is 0 Å². The maximum Gasteiger partial charge on any atom is -0.00369 e. The van der Waals surface area contributed by atoms with Gasteiger partial charge in [0.2, 0.25) is 0 Å². The summed E-state index contributed by atoms with van der Waals surface area (Å²) in [7, 11) is 0. The molecule has 0 aliphatic rings. The van der Waals surface area contributed by atoms with E-state index in [1.807, 2.05) is 24.3 Å². The van der Waals surface area contributed by atoms with E-state index in [9.17, 15) is 0 Å². The van der Waals surface area contributed by atoms with Crippen molar-refractivity contribution >= 4 is 0 Å². The van der Waals surface area contributed by atoms with Gasteiger partial charge in [-0.3, -0.25) is 0 Å². The van der Waals surface area contributed by atoms with Gasteiger partial charge < -0.3 is 5.73 Å². The largest absolute Gasteiger partial charge is 0.330 e. The summed E-state index contributed by atoms with van der Waals surface area (Å²) in [5, 5.41) is 0. The van der Waals surface area contributed by atoms with Gasteiger partial charge in [0.25, 0.3) is 0 Å². The second-order valence-corrected chi connectivity index (χ2v) is 3.18. The molecule has 80 valence electrons. The minimum atomic E-state index is 0.618. The number of hydrogen-bond donors (Lipinski definition) is 1. The van der Waals surface area contributed by atoms with Crippen molar-refractivity contribution in [3.8, 4) is 0 Å². The van der Waals surface area contributed by atoms with Crippen LogP contribution in [0, 0.1) is 0 Å². The van der Waals surface area contributed by atoms with Gasteiger partial charge in [0.05, 0.1) is 0 Å². The van der Waals surface area contributed by atoms with Crippen LogP contribution in [0.25, 0.3) is 0 Å².